The number of nitrogens with one attached hydrogen (secondary N) is 2. The molecule has 2 rings (SSSR count). The molecule has 0 saturated carbocycles. The molecule has 0 radical (unpaired) electrons. The number of anilines is 2. The lowest BCUT2D eigenvalue weighted by atomic mass is 10.1. The van der Waals surface area contributed by atoms with Gasteiger partial charge in [-0.15, -0.1) is 0 Å². The Hall–Kier alpha value is -1.89. The van der Waals surface area contributed by atoms with E-state index in [9.17, 15) is 4.79 Å². The van der Waals surface area contributed by atoms with Gasteiger partial charge in [-0.1, -0.05) is 13.8 Å². The lowest BCUT2D eigenvalue weighted by Crippen LogP contribution is -2.15. The van der Waals surface area contributed by atoms with Crippen LogP contribution in [0.4, 0.5) is 11.5 Å². The summed E-state index contributed by atoms with van der Waals surface area (Å²) in [5.41, 5.74) is 7.22. The van der Waals surface area contributed by atoms with E-state index in [-0.39, 0.29) is 17.5 Å². The second-order valence-electron chi connectivity index (χ2n) is 4.34. The number of carbonyl (C=O) groups excluding carboxylic acids is 1. The summed E-state index contributed by atoms with van der Waals surface area (Å²) < 4.78 is 0.696. The van der Waals surface area contributed by atoms with Gasteiger partial charge in [0.15, 0.2) is 5.69 Å². The summed E-state index contributed by atoms with van der Waals surface area (Å²) in [5.74, 6) is 0.219. The van der Waals surface area contributed by atoms with Gasteiger partial charge in [0.1, 0.15) is 5.82 Å². The summed E-state index contributed by atoms with van der Waals surface area (Å²) in [6.45, 7) is 3.95. The van der Waals surface area contributed by atoms with Gasteiger partial charge >= 0.3 is 0 Å². The fourth-order valence-electron chi connectivity index (χ4n) is 1.62. The van der Waals surface area contributed by atoms with Gasteiger partial charge in [-0.05, 0) is 34.0 Å². The van der Waals surface area contributed by atoms with Crippen molar-refractivity contribution in [1.29, 1.82) is 0 Å². The van der Waals surface area contributed by atoms with Crippen molar-refractivity contribution < 1.29 is 4.79 Å². The molecule has 1 amide bonds. The molecule has 7 heteroatoms. The van der Waals surface area contributed by atoms with E-state index >= 15 is 0 Å². The quantitative estimate of drug-likeness (QED) is 0.808. The summed E-state index contributed by atoms with van der Waals surface area (Å²) in [4.78, 5) is 16.1. The highest BCUT2D eigenvalue weighted by molar-refractivity contribution is 9.10. The third-order valence-electron chi connectivity index (χ3n) is 2.62. The van der Waals surface area contributed by atoms with Crippen LogP contribution in [0, 0.1) is 0 Å². The molecule has 0 spiro atoms. The van der Waals surface area contributed by atoms with E-state index in [1.165, 1.54) is 0 Å². The van der Waals surface area contributed by atoms with Crippen molar-refractivity contribution in [3.63, 3.8) is 0 Å². The van der Waals surface area contributed by atoms with Crippen LogP contribution in [0.15, 0.2) is 22.8 Å². The van der Waals surface area contributed by atoms with Gasteiger partial charge in [0, 0.05) is 6.20 Å². The molecule has 19 heavy (non-hydrogen) atoms. The van der Waals surface area contributed by atoms with Gasteiger partial charge in [0.2, 0.25) is 0 Å². The Bertz CT molecular complexity index is 608. The number of halogens is 1. The lowest BCUT2D eigenvalue weighted by Gasteiger charge is -2.05. The number of rotatable bonds is 3. The molecule has 0 aromatic carbocycles. The zero-order valence-electron chi connectivity index (χ0n) is 10.6. The van der Waals surface area contributed by atoms with Gasteiger partial charge in [-0.2, -0.15) is 5.10 Å². The number of nitrogens with zero attached hydrogens (tertiary/aromatic N) is 2. The highest BCUT2D eigenvalue weighted by Gasteiger charge is 2.19. The van der Waals surface area contributed by atoms with Crippen molar-refractivity contribution in [2.45, 2.75) is 19.8 Å². The summed E-state index contributed by atoms with van der Waals surface area (Å²) in [7, 11) is 0. The van der Waals surface area contributed by atoms with E-state index in [0.717, 1.165) is 5.69 Å². The first-order valence-electron chi connectivity index (χ1n) is 5.76. The molecular formula is C12H14BrN5O. The van der Waals surface area contributed by atoms with Gasteiger partial charge in [0.25, 0.3) is 5.91 Å². The number of hydrogen-bond acceptors (Lipinski definition) is 4. The van der Waals surface area contributed by atoms with Crippen LogP contribution >= 0.6 is 15.9 Å². The number of amides is 1. The Balaban J connectivity index is 2.24. The van der Waals surface area contributed by atoms with Crippen LogP contribution in [0.25, 0.3) is 0 Å². The molecule has 2 aromatic rings. The fraction of sp³-hybridized carbons (Fsp3) is 0.250. The zero-order chi connectivity index (χ0) is 14.0. The topological polar surface area (TPSA) is 96.7 Å². The summed E-state index contributed by atoms with van der Waals surface area (Å²) in [6, 6.07) is 3.55. The molecule has 0 unspecified atom stereocenters. The minimum atomic E-state index is -0.389. The predicted octanol–water partition coefficient (Wildman–Crippen LogP) is 2.53. The van der Waals surface area contributed by atoms with E-state index in [1.54, 1.807) is 18.3 Å². The number of aromatic nitrogens is 3. The van der Waals surface area contributed by atoms with Crippen LogP contribution in [0.1, 0.15) is 35.9 Å². The highest BCUT2D eigenvalue weighted by Crippen LogP contribution is 2.24. The molecule has 2 heterocycles. The van der Waals surface area contributed by atoms with Crippen molar-refractivity contribution in [2.24, 2.45) is 0 Å². The highest BCUT2D eigenvalue weighted by atomic mass is 79.9. The first-order valence-corrected chi connectivity index (χ1v) is 6.55. The maximum absolute atomic E-state index is 12.1. The molecule has 2 aromatic heterocycles. The van der Waals surface area contributed by atoms with Gasteiger partial charge in [0.05, 0.1) is 15.9 Å². The van der Waals surface area contributed by atoms with Gasteiger partial charge in [-0.25, -0.2) is 4.98 Å². The molecule has 0 bridgehead atoms. The maximum atomic E-state index is 12.1. The zero-order valence-corrected chi connectivity index (χ0v) is 12.2. The number of H-pyrrole nitrogens is 1. The number of nitrogen functional groups attached to an aromatic ring is 1. The van der Waals surface area contributed by atoms with Crippen LogP contribution in [-0.2, 0) is 0 Å². The Morgan fingerprint density at radius 1 is 1.53 bits per heavy atom. The summed E-state index contributed by atoms with van der Waals surface area (Å²) >= 11 is 3.31. The minimum Gasteiger partial charge on any atom is -0.395 e. The maximum Gasteiger partial charge on any atom is 0.279 e. The third-order valence-corrected chi connectivity index (χ3v) is 3.26. The first-order chi connectivity index (χ1) is 9.00. The Morgan fingerprint density at radius 2 is 2.26 bits per heavy atom. The van der Waals surface area contributed by atoms with E-state index in [0.29, 0.717) is 16.0 Å². The molecule has 0 atom stereocenters. The fourth-order valence-corrected chi connectivity index (χ4v) is 1.98. The number of pyridine rings is 1. The third kappa shape index (κ3) is 2.76. The van der Waals surface area contributed by atoms with Crippen molar-refractivity contribution in [3.05, 3.63) is 34.2 Å². The SMILES string of the molecule is CC(C)c1[nH]nc(C(=O)Nc2ncccc2Br)c1N. The molecule has 0 aliphatic heterocycles. The van der Waals surface area contributed by atoms with Crippen LogP contribution < -0.4 is 11.1 Å². The van der Waals surface area contributed by atoms with Crippen LogP contribution in [-0.4, -0.2) is 21.1 Å². The lowest BCUT2D eigenvalue weighted by molar-refractivity contribution is 0.102. The minimum absolute atomic E-state index is 0.177. The van der Waals surface area contributed by atoms with Crippen LogP contribution in [0.3, 0.4) is 0 Å². The van der Waals surface area contributed by atoms with Crippen molar-refractivity contribution >= 4 is 33.3 Å². The Kier molecular flexibility index (Phi) is 3.84. The number of carbonyl (C=O) groups is 1. The largest absolute Gasteiger partial charge is 0.395 e. The molecular weight excluding hydrogens is 310 g/mol. The van der Waals surface area contributed by atoms with E-state index in [1.807, 2.05) is 13.8 Å². The monoisotopic (exact) mass is 323 g/mol. The first kappa shape index (κ1) is 13.5. The molecule has 0 aliphatic rings. The molecule has 4 N–H and O–H groups in total. The normalized spacial score (nSPS) is 10.7. The van der Waals surface area contributed by atoms with Gasteiger partial charge in [-0.3, -0.25) is 9.89 Å². The van der Waals surface area contributed by atoms with Crippen molar-refractivity contribution in [3.8, 4) is 0 Å². The molecule has 0 aliphatic carbocycles. The summed E-state index contributed by atoms with van der Waals surface area (Å²) in [5, 5.41) is 9.40. The molecule has 0 fully saturated rings. The smallest absolute Gasteiger partial charge is 0.279 e. The van der Waals surface area contributed by atoms with Crippen LogP contribution in [0.2, 0.25) is 0 Å². The number of aromatic amines is 1. The summed E-state index contributed by atoms with van der Waals surface area (Å²) in [6.07, 6.45) is 1.59. The van der Waals surface area contributed by atoms with E-state index < -0.39 is 0 Å². The number of nitrogens with two attached hydrogens (primary N) is 1. The predicted molar refractivity (Wildman–Crippen MR) is 77.0 cm³/mol. The Labute approximate surface area is 118 Å². The van der Waals surface area contributed by atoms with Crippen molar-refractivity contribution in [2.75, 3.05) is 11.1 Å². The second-order valence-corrected chi connectivity index (χ2v) is 5.20. The number of hydrogen-bond donors (Lipinski definition) is 3. The molecule has 0 saturated heterocycles. The second kappa shape index (κ2) is 5.40. The van der Waals surface area contributed by atoms with E-state index in [2.05, 4.69) is 36.4 Å². The van der Waals surface area contributed by atoms with Gasteiger partial charge < -0.3 is 11.1 Å². The standard InChI is InChI=1S/C12H14BrN5O/c1-6(2)9-8(14)10(18-17-9)12(19)16-11-7(13)4-3-5-15-11/h3-6H,14H2,1-2H3,(H,17,18)(H,15,16,19). The van der Waals surface area contributed by atoms with E-state index in [4.69, 9.17) is 5.73 Å². The molecule has 6 nitrogen and oxygen atoms in total. The average Bonchev–Trinajstić information content (AvgIpc) is 2.74. The van der Waals surface area contributed by atoms with Crippen LogP contribution in [0.5, 0.6) is 0 Å². The molecule has 100 valence electrons. The van der Waals surface area contributed by atoms with Crippen molar-refractivity contribution in [1.82, 2.24) is 15.2 Å². The average molecular weight is 324 g/mol. The Morgan fingerprint density at radius 3 is 2.84 bits per heavy atom.